The Morgan fingerprint density at radius 3 is 1.43 bits per heavy atom. The molecule has 0 aliphatic carbocycles. The first-order valence-corrected chi connectivity index (χ1v) is 17.1. The Labute approximate surface area is 249 Å². The number of halogens is 2. The predicted molar refractivity (Wildman–Crippen MR) is 173 cm³/mol. The highest BCUT2D eigenvalue weighted by molar-refractivity contribution is 9.10. The van der Waals surface area contributed by atoms with Crippen LogP contribution in [0.1, 0.15) is 106 Å². The predicted octanol–water partition coefficient (Wildman–Crippen LogP) is 12.7. The fraction of sp³-hybridized carbons (Fsp3) is 0.636. The topological polar surface area (TPSA) is 3.24 Å². The van der Waals surface area contributed by atoms with Gasteiger partial charge < -0.3 is 4.90 Å². The molecule has 1 nitrogen and oxygen atoms in total. The standard InChI is InChI=1S/C33H49Br2NS/c1-23(2)9-7-11-25(5)13-17-29(18-14-26(6)12-8-10-24(3)4)36-30-19-15-27(34)21-32(30)37-33-22-28(35)16-20-31(33)36/h15-16,19-26,29H,7-14,17-18H2,1-6H3. The van der Waals surface area contributed by atoms with Crippen molar-refractivity contribution in [3.63, 3.8) is 0 Å². The van der Waals surface area contributed by atoms with Gasteiger partial charge in [0.25, 0.3) is 0 Å². The van der Waals surface area contributed by atoms with Gasteiger partial charge in [0.05, 0.1) is 11.4 Å². The van der Waals surface area contributed by atoms with Crippen LogP contribution in [0, 0.1) is 23.7 Å². The van der Waals surface area contributed by atoms with Crippen molar-refractivity contribution >= 4 is 55.0 Å². The molecule has 2 aromatic carbocycles. The molecule has 1 heterocycles. The van der Waals surface area contributed by atoms with Crippen LogP contribution < -0.4 is 4.90 Å². The van der Waals surface area contributed by atoms with Crippen molar-refractivity contribution in [2.75, 3.05) is 4.90 Å². The van der Waals surface area contributed by atoms with Gasteiger partial charge in [-0.05, 0) is 85.8 Å². The van der Waals surface area contributed by atoms with E-state index in [1.807, 2.05) is 11.8 Å². The van der Waals surface area contributed by atoms with Crippen molar-refractivity contribution < 1.29 is 0 Å². The summed E-state index contributed by atoms with van der Waals surface area (Å²) < 4.78 is 2.32. The fourth-order valence-electron chi connectivity index (χ4n) is 5.57. The van der Waals surface area contributed by atoms with Crippen molar-refractivity contribution in [1.82, 2.24) is 0 Å². The number of nitrogens with zero attached hydrogens (tertiary/aromatic N) is 1. The summed E-state index contributed by atoms with van der Waals surface area (Å²) in [5.74, 6) is 3.21. The Morgan fingerprint density at radius 2 is 1.03 bits per heavy atom. The first-order valence-electron chi connectivity index (χ1n) is 14.7. The van der Waals surface area contributed by atoms with Crippen LogP contribution in [0.25, 0.3) is 0 Å². The molecule has 0 radical (unpaired) electrons. The molecule has 2 unspecified atom stereocenters. The Bertz CT molecular complexity index is 897. The maximum atomic E-state index is 3.73. The summed E-state index contributed by atoms with van der Waals surface area (Å²) in [6.45, 7) is 14.4. The number of rotatable bonds is 15. The summed E-state index contributed by atoms with van der Waals surface area (Å²) in [6.07, 6.45) is 13.3. The fourth-order valence-corrected chi connectivity index (χ4v) is 7.75. The SMILES string of the molecule is CC(C)CCCC(C)CCC(CCC(C)CCCC(C)C)N1c2ccc(Br)cc2Sc2cc(Br)ccc21. The van der Waals surface area contributed by atoms with E-state index in [2.05, 4.69) is 115 Å². The van der Waals surface area contributed by atoms with Gasteiger partial charge >= 0.3 is 0 Å². The minimum absolute atomic E-state index is 0.529. The van der Waals surface area contributed by atoms with Gasteiger partial charge in [0.1, 0.15) is 0 Å². The van der Waals surface area contributed by atoms with Gasteiger partial charge in [-0.1, -0.05) is 124 Å². The van der Waals surface area contributed by atoms with E-state index in [9.17, 15) is 0 Å². The lowest BCUT2D eigenvalue weighted by Gasteiger charge is -2.40. The van der Waals surface area contributed by atoms with E-state index < -0.39 is 0 Å². The van der Waals surface area contributed by atoms with Crippen molar-refractivity contribution in [3.05, 3.63) is 45.3 Å². The smallest absolute Gasteiger partial charge is 0.0556 e. The van der Waals surface area contributed by atoms with Gasteiger partial charge in [0, 0.05) is 24.8 Å². The lowest BCUT2D eigenvalue weighted by molar-refractivity contribution is 0.373. The molecule has 4 heteroatoms. The van der Waals surface area contributed by atoms with Gasteiger partial charge in [0.2, 0.25) is 0 Å². The van der Waals surface area contributed by atoms with Crippen LogP contribution >= 0.6 is 43.6 Å². The Kier molecular flexibility index (Phi) is 12.9. The average Bonchev–Trinajstić information content (AvgIpc) is 2.82. The second kappa shape index (κ2) is 15.4. The third kappa shape index (κ3) is 9.91. The monoisotopic (exact) mass is 649 g/mol. The number of hydrogen-bond donors (Lipinski definition) is 0. The molecule has 3 rings (SSSR count). The molecule has 0 saturated heterocycles. The van der Waals surface area contributed by atoms with Gasteiger partial charge in [0.15, 0.2) is 0 Å². The number of benzene rings is 2. The zero-order valence-electron chi connectivity index (χ0n) is 24.0. The number of anilines is 2. The molecule has 37 heavy (non-hydrogen) atoms. The minimum Gasteiger partial charge on any atom is -0.337 e. The van der Waals surface area contributed by atoms with Crippen LogP contribution in [0.15, 0.2) is 55.1 Å². The molecule has 206 valence electrons. The summed E-state index contributed by atoms with van der Waals surface area (Å²) in [7, 11) is 0. The molecule has 1 aliphatic heterocycles. The summed E-state index contributed by atoms with van der Waals surface area (Å²) >= 11 is 9.36. The largest absolute Gasteiger partial charge is 0.337 e. The van der Waals surface area contributed by atoms with E-state index in [1.165, 1.54) is 85.4 Å². The van der Waals surface area contributed by atoms with E-state index >= 15 is 0 Å². The summed E-state index contributed by atoms with van der Waals surface area (Å²) in [5, 5.41) is 0. The third-order valence-corrected chi connectivity index (χ3v) is 9.97. The van der Waals surface area contributed by atoms with Crippen LogP contribution in [0.4, 0.5) is 11.4 Å². The third-order valence-electron chi connectivity index (χ3n) is 7.89. The van der Waals surface area contributed by atoms with E-state index in [-0.39, 0.29) is 0 Å². The summed E-state index contributed by atoms with van der Waals surface area (Å²) in [5.41, 5.74) is 2.76. The molecule has 2 atom stereocenters. The molecular weight excluding hydrogens is 602 g/mol. The second-order valence-corrected chi connectivity index (χ2v) is 15.3. The van der Waals surface area contributed by atoms with Gasteiger partial charge in [-0.15, -0.1) is 0 Å². The van der Waals surface area contributed by atoms with E-state index in [4.69, 9.17) is 0 Å². The van der Waals surface area contributed by atoms with Crippen molar-refractivity contribution in [2.24, 2.45) is 23.7 Å². The molecule has 0 saturated carbocycles. The first-order chi connectivity index (χ1) is 17.6. The molecule has 0 aromatic heterocycles. The molecular formula is C33H49Br2NS. The maximum absolute atomic E-state index is 3.73. The highest BCUT2D eigenvalue weighted by atomic mass is 79.9. The Balaban J connectivity index is 1.81. The summed E-state index contributed by atoms with van der Waals surface area (Å²) in [4.78, 5) is 5.43. The maximum Gasteiger partial charge on any atom is 0.0556 e. The average molecular weight is 652 g/mol. The van der Waals surface area contributed by atoms with Crippen molar-refractivity contribution in [1.29, 1.82) is 0 Å². The lowest BCUT2D eigenvalue weighted by Crippen LogP contribution is -2.34. The van der Waals surface area contributed by atoms with Crippen LogP contribution in [-0.4, -0.2) is 6.04 Å². The van der Waals surface area contributed by atoms with Crippen LogP contribution in [0.3, 0.4) is 0 Å². The molecule has 0 amide bonds. The van der Waals surface area contributed by atoms with E-state index in [1.54, 1.807) is 0 Å². The van der Waals surface area contributed by atoms with Gasteiger partial charge in [-0.25, -0.2) is 0 Å². The quantitative estimate of drug-likeness (QED) is 0.189. The van der Waals surface area contributed by atoms with Crippen LogP contribution in [-0.2, 0) is 0 Å². The highest BCUT2D eigenvalue weighted by Gasteiger charge is 2.30. The van der Waals surface area contributed by atoms with E-state index in [0.29, 0.717) is 6.04 Å². The molecule has 2 aromatic rings. The molecule has 1 aliphatic rings. The van der Waals surface area contributed by atoms with Gasteiger partial charge in [-0.2, -0.15) is 0 Å². The van der Waals surface area contributed by atoms with E-state index in [0.717, 1.165) is 32.6 Å². The summed E-state index contributed by atoms with van der Waals surface area (Å²) in [6, 6.07) is 14.2. The molecule has 0 N–H and O–H groups in total. The van der Waals surface area contributed by atoms with Crippen LogP contribution in [0.5, 0.6) is 0 Å². The Morgan fingerprint density at radius 1 is 0.595 bits per heavy atom. The highest BCUT2D eigenvalue weighted by Crippen LogP contribution is 2.51. The number of hydrogen-bond acceptors (Lipinski definition) is 2. The van der Waals surface area contributed by atoms with Crippen LogP contribution in [0.2, 0.25) is 0 Å². The minimum atomic E-state index is 0.529. The second-order valence-electron chi connectivity index (χ2n) is 12.4. The van der Waals surface area contributed by atoms with Gasteiger partial charge in [-0.3, -0.25) is 0 Å². The zero-order chi connectivity index (χ0) is 26.9. The van der Waals surface area contributed by atoms with Crippen molar-refractivity contribution in [2.45, 2.75) is 122 Å². The molecule has 0 spiro atoms. The zero-order valence-corrected chi connectivity index (χ0v) is 28.0. The lowest BCUT2D eigenvalue weighted by atomic mass is 9.89. The van der Waals surface area contributed by atoms with Crippen molar-refractivity contribution in [3.8, 4) is 0 Å². The molecule has 0 bridgehead atoms. The number of fused-ring (bicyclic) bond motifs is 2. The first kappa shape index (κ1) is 31.1. The Hall–Kier alpha value is -0.450. The normalized spacial score (nSPS) is 15.6. The molecule has 0 fully saturated rings.